The molecule has 0 saturated heterocycles. The number of benzene rings is 1. The van der Waals surface area contributed by atoms with E-state index in [4.69, 9.17) is 11.6 Å². The zero-order valence-electron chi connectivity index (χ0n) is 12.0. The molecule has 0 saturated carbocycles. The number of nitrogens with zero attached hydrogens (tertiary/aromatic N) is 3. The summed E-state index contributed by atoms with van der Waals surface area (Å²) in [6.07, 6.45) is 0. The molecule has 1 aromatic heterocycles. The van der Waals surface area contributed by atoms with Crippen LogP contribution in [0.2, 0.25) is 5.02 Å². The predicted octanol–water partition coefficient (Wildman–Crippen LogP) is 4.03. The first-order valence-corrected chi connectivity index (χ1v) is 7.14. The van der Waals surface area contributed by atoms with Crippen molar-refractivity contribution in [1.29, 1.82) is 0 Å². The van der Waals surface area contributed by atoms with Crippen LogP contribution in [-0.2, 0) is 0 Å². The van der Waals surface area contributed by atoms with Crippen molar-refractivity contribution in [2.24, 2.45) is 0 Å². The van der Waals surface area contributed by atoms with E-state index in [-0.39, 0.29) is 0 Å². The number of aromatic nitrogens is 2. The fraction of sp³-hybridized carbons (Fsp3) is 0.333. The maximum atomic E-state index is 6.14. The van der Waals surface area contributed by atoms with Crippen molar-refractivity contribution < 1.29 is 0 Å². The molecule has 0 radical (unpaired) electrons. The van der Waals surface area contributed by atoms with Crippen LogP contribution < -0.4 is 10.2 Å². The first-order chi connectivity index (χ1) is 9.63. The van der Waals surface area contributed by atoms with Gasteiger partial charge in [0.2, 0.25) is 5.95 Å². The Labute approximate surface area is 124 Å². The molecule has 0 aliphatic heterocycles. The molecule has 0 amide bonds. The van der Waals surface area contributed by atoms with Gasteiger partial charge in [-0.05, 0) is 32.9 Å². The Bertz CT molecular complexity index is 582. The molecule has 106 valence electrons. The Morgan fingerprint density at radius 1 is 1.15 bits per heavy atom. The van der Waals surface area contributed by atoms with E-state index in [0.29, 0.717) is 11.0 Å². The molecule has 0 spiro atoms. The van der Waals surface area contributed by atoms with Gasteiger partial charge in [0, 0.05) is 24.8 Å². The van der Waals surface area contributed by atoms with Crippen LogP contribution in [0.3, 0.4) is 0 Å². The number of anilines is 3. The molecule has 1 N–H and O–H groups in total. The maximum absolute atomic E-state index is 6.14. The van der Waals surface area contributed by atoms with Gasteiger partial charge in [0.05, 0.1) is 10.7 Å². The van der Waals surface area contributed by atoms with Gasteiger partial charge < -0.3 is 10.2 Å². The number of nitrogens with one attached hydrogen (secondary N) is 1. The summed E-state index contributed by atoms with van der Waals surface area (Å²) in [4.78, 5) is 11.2. The SMILES string of the molecule is CCN(CC)c1cc(C)nc(Nc2ccccc2Cl)n1. The van der Waals surface area contributed by atoms with E-state index in [9.17, 15) is 0 Å². The minimum Gasteiger partial charge on any atom is -0.357 e. The molecule has 2 aromatic rings. The quantitative estimate of drug-likeness (QED) is 0.903. The average Bonchev–Trinajstić information content (AvgIpc) is 2.42. The van der Waals surface area contributed by atoms with Crippen molar-refractivity contribution >= 4 is 29.1 Å². The minimum atomic E-state index is 0.569. The van der Waals surface area contributed by atoms with Crippen molar-refractivity contribution in [1.82, 2.24) is 9.97 Å². The summed E-state index contributed by atoms with van der Waals surface area (Å²) in [5, 5.41) is 3.83. The molecule has 0 aliphatic carbocycles. The van der Waals surface area contributed by atoms with Crippen molar-refractivity contribution in [3.05, 3.63) is 41.0 Å². The van der Waals surface area contributed by atoms with E-state index in [1.807, 2.05) is 37.3 Å². The average molecular weight is 291 g/mol. The zero-order valence-corrected chi connectivity index (χ0v) is 12.8. The maximum Gasteiger partial charge on any atom is 0.229 e. The monoisotopic (exact) mass is 290 g/mol. The largest absolute Gasteiger partial charge is 0.357 e. The first-order valence-electron chi connectivity index (χ1n) is 6.76. The number of aryl methyl sites for hydroxylation is 1. The van der Waals surface area contributed by atoms with Gasteiger partial charge in [0.1, 0.15) is 5.82 Å². The van der Waals surface area contributed by atoms with Crippen LogP contribution in [0.1, 0.15) is 19.5 Å². The van der Waals surface area contributed by atoms with Crippen LogP contribution in [0.4, 0.5) is 17.5 Å². The van der Waals surface area contributed by atoms with Crippen molar-refractivity contribution in [2.75, 3.05) is 23.3 Å². The number of hydrogen-bond donors (Lipinski definition) is 1. The van der Waals surface area contributed by atoms with Crippen molar-refractivity contribution in [2.45, 2.75) is 20.8 Å². The molecule has 0 bridgehead atoms. The Kier molecular flexibility index (Phi) is 4.79. The Balaban J connectivity index is 2.31. The smallest absolute Gasteiger partial charge is 0.229 e. The van der Waals surface area contributed by atoms with E-state index in [1.54, 1.807) is 0 Å². The van der Waals surface area contributed by atoms with E-state index >= 15 is 0 Å². The number of rotatable bonds is 5. The van der Waals surface area contributed by atoms with E-state index in [2.05, 4.69) is 34.0 Å². The first kappa shape index (κ1) is 14.6. The summed E-state index contributed by atoms with van der Waals surface area (Å²) in [5.41, 5.74) is 1.74. The highest BCUT2D eigenvalue weighted by molar-refractivity contribution is 6.33. The van der Waals surface area contributed by atoms with Crippen LogP contribution in [0.5, 0.6) is 0 Å². The van der Waals surface area contributed by atoms with Gasteiger partial charge >= 0.3 is 0 Å². The van der Waals surface area contributed by atoms with E-state index in [0.717, 1.165) is 30.3 Å². The lowest BCUT2D eigenvalue weighted by Crippen LogP contribution is -2.23. The summed E-state index contributed by atoms with van der Waals surface area (Å²) in [6, 6.07) is 9.56. The molecule has 0 fully saturated rings. The van der Waals surface area contributed by atoms with Gasteiger partial charge in [-0.1, -0.05) is 23.7 Å². The highest BCUT2D eigenvalue weighted by Crippen LogP contribution is 2.24. The fourth-order valence-corrected chi connectivity index (χ4v) is 2.18. The van der Waals surface area contributed by atoms with Crippen LogP contribution in [0, 0.1) is 6.92 Å². The summed E-state index contributed by atoms with van der Waals surface area (Å²) >= 11 is 6.14. The third-order valence-electron chi connectivity index (χ3n) is 3.05. The highest BCUT2D eigenvalue weighted by Gasteiger charge is 2.08. The van der Waals surface area contributed by atoms with Crippen LogP contribution >= 0.6 is 11.6 Å². The topological polar surface area (TPSA) is 41.1 Å². The second-order valence-corrected chi connectivity index (χ2v) is 4.88. The third kappa shape index (κ3) is 3.39. The third-order valence-corrected chi connectivity index (χ3v) is 3.38. The van der Waals surface area contributed by atoms with Crippen molar-refractivity contribution in [3.63, 3.8) is 0 Å². The molecule has 0 unspecified atom stereocenters. The highest BCUT2D eigenvalue weighted by atomic mass is 35.5. The summed E-state index contributed by atoms with van der Waals surface area (Å²) < 4.78 is 0. The van der Waals surface area contributed by atoms with Gasteiger partial charge in [-0.15, -0.1) is 0 Å². The van der Waals surface area contributed by atoms with E-state index in [1.165, 1.54) is 0 Å². The molecule has 5 heteroatoms. The standard InChI is InChI=1S/C15H19ClN4/c1-4-20(5-2)14-10-11(3)17-15(19-14)18-13-9-7-6-8-12(13)16/h6-10H,4-5H2,1-3H3,(H,17,18,19). The second kappa shape index (κ2) is 6.57. The summed E-state index contributed by atoms with van der Waals surface area (Å²) in [5.74, 6) is 1.50. The molecule has 0 atom stereocenters. The Hall–Kier alpha value is -1.81. The molecule has 4 nitrogen and oxygen atoms in total. The van der Waals surface area contributed by atoms with Crippen LogP contribution in [0.25, 0.3) is 0 Å². The summed E-state index contributed by atoms with van der Waals surface area (Å²) in [7, 11) is 0. The predicted molar refractivity (Wildman–Crippen MR) is 85.1 cm³/mol. The molecule has 0 aliphatic rings. The number of hydrogen-bond acceptors (Lipinski definition) is 4. The van der Waals surface area contributed by atoms with Crippen molar-refractivity contribution in [3.8, 4) is 0 Å². The van der Waals surface area contributed by atoms with Gasteiger partial charge in [0.15, 0.2) is 0 Å². The van der Waals surface area contributed by atoms with Gasteiger partial charge in [-0.25, -0.2) is 4.98 Å². The van der Waals surface area contributed by atoms with Gasteiger partial charge in [-0.3, -0.25) is 0 Å². The molecular formula is C15H19ClN4. The number of para-hydroxylation sites is 1. The fourth-order valence-electron chi connectivity index (χ4n) is 2.00. The normalized spacial score (nSPS) is 10.4. The lowest BCUT2D eigenvalue weighted by molar-refractivity contribution is 0.840. The lowest BCUT2D eigenvalue weighted by atomic mass is 10.3. The Morgan fingerprint density at radius 2 is 1.85 bits per heavy atom. The van der Waals surface area contributed by atoms with Crippen LogP contribution in [-0.4, -0.2) is 23.1 Å². The molecule has 2 rings (SSSR count). The molecule has 1 heterocycles. The Morgan fingerprint density at radius 3 is 2.50 bits per heavy atom. The lowest BCUT2D eigenvalue weighted by Gasteiger charge is -2.20. The molecule has 20 heavy (non-hydrogen) atoms. The van der Waals surface area contributed by atoms with Gasteiger partial charge in [0.25, 0.3) is 0 Å². The second-order valence-electron chi connectivity index (χ2n) is 4.47. The zero-order chi connectivity index (χ0) is 14.5. The van der Waals surface area contributed by atoms with Gasteiger partial charge in [-0.2, -0.15) is 4.98 Å². The number of halogens is 1. The minimum absolute atomic E-state index is 0.569. The van der Waals surface area contributed by atoms with Crippen LogP contribution in [0.15, 0.2) is 30.3 Å². The molecular weight excluding hydrogens is 272 g/mol. The molecule has 1 aromatic carbocycles. The van der Waals surface area contributed by atoms with E-state index < -0.39 is 0 Å². The summed E-state index contributed by atoms with van der Waals surface area (Å²) in [6.45, 7) is 8.02.